The first-order valence-electron chi connectivity index (χ1n) is 7.35. The van der Waals surface area contributed by atoms with Gasteiger partial charge in [-0.1, -0.05) is 19.4 Å². The van der Waals surface area contributed by atoms with Gasteiger partial charge in [-0.15, -0.1) is 0 Å². The zero-order chi connectivity index (χ0) is 15.5. The van der Waals surface area contributed by atoms with E-state index in [1.54, 1.807) is 6.07 Å². The van der Waals surface area contributed by atoms with Crippen molar-refractivity contribution in [3.63, 3.8) is 0 Å². The fraction of sp³-hybridized carbons (Fsp3) is 0.600. The minimum absolute atomic E-state index is 0.313. The van der Waals surface area contributed by atoms with Crippen LogP contribution in [0.25, 0.3) is 0 Å². The third-order valence-corrected chi connectivity index (χ3v) is 6.43. The molecule has 1 saturated carbocycles. The number of rotatable bonds is 6. The smallest absolute Gasteiger partial charge is 0.241 e. The lowest BCUT2D eigenvalue weighted by molar-refractivity contribution is 0.498. The summed E-state index contributed by atoms with van der Waals surface area (Å²) in [6.45, 7) is 3.48. The topological polar surface area (TPSA) is 58.2 Å². The summed E-state index contributed by atoms with van der Waals surface area (Å²) in [4.78, 5) is 0.313. The van der Waals surface area contributed by atoms with Gasteiger partial charge in [0.25, 0.3) is 0 Å². The van der Waals surface area contributed by atoms with Crippen molar-refractivity contribution >= 4 is 26.0 Å². The Morgan fingerprint density at radius 2 is 2.10 bits per heavy atom. The van der Waals surface area contributed by atoms with E-state index in [1.165, 1.54) is 6.42 Å². The highest BCUT2D eigenvalue weighted by Gasteiger charge is 2.24. The summed E-state index contributed by atoms with van der Waals surface area (Å²) < 4.78 is 28.2. The molecule has 118 valence electrons. The van der Waals surface area contributed by atoms with Crippen LogP contribution < -0.4 is 10.0 Å². The van der Waals surface area contributed by atoms with Crippen LogP contribution in [0.2, 0.25) is 0 Å². The number of sulfonamides is 1. The molecule has 1 aromatic rings. The van der Waals surface area contributed by atoms with Crippen LogP contribution in [0.4, 0.5) is 0 Å². The Labute approximate surface area is 135 Å². The Bertz CT molecular complexity index is 589. The standard InChI is InChI=1S/C15H23BrN2O2S/c1-11-3-4-12(7-11)10-18-21(19,20)15-6-5-13(9-17-2)8-14(15)16/h5-6,8,11-12,17-18H,3-4,7,9-10H2,1-2H3. The molecule has 0 aromatic heterocycles. The Morgan fingerprint density at radius 3 is 2.67 bits per heavy atom. The van der Waals surface area contributed by atoms with E-state index >= 15 is 0 Å². The predicted octanol–water partition coefficient (Wildman–Crippen LogP) is 2.88. The molecule has 1 fully saturated rings. The van der Waals surface area contributed by atoms with Gasteiger partial charge in [0, 0.05) is 17.6 Å². The second-order valence-electron chi connectivity index (χ2n) is 5.93. The summed E-state index contributed by atoms with van der Waals surface area (Å²) in [6.07, 6.45) is 3.44. The van der Waals surface area contributed by atoms with E-state index in [2.05, 4.69) is 32.9 Å². The van der Waals surface area contributed by atoms with Crippen LogP contribution in [0.1, 0.15) is 31.7 Å². The van der Waals surface area contributed by atoms with Crippen molar-refractivity contribution in [3.05, 3.63) is 28.2 Å². The third kappa shape index (κ3) is 4.52. The van der Waals surface area contributed by atoms with E-state index in [4.69, 9.17) is 0 Å². The fourth-order valence-electron chi connectivity index (χ4n) is 2.89. The Kier molecular flexibility index (Phi) is 5.82. The molecule has 2 rings (SSSR count). The Morgan fingerprint density at radius 1 is 1.33 bits per heavy atom. The molecule has 0 saturated heterocycles. The van der Waals surface area contributed by atoms with Crippen molar-refractivity contribution in [1.29, 1.82) is 0 Å². The lowest BCUT2D eigenvalue weighted by atomic mass is 10.1. The van der Waals surface area contributed by atoms with Crippen molar-refractivity contribution in [2.45, 2.75) is 37.6 Å². The maximum Gasteiger partial charge on any atom is 0.241 e. The zero-order valence-electron chi connectivity index (χ0n) is 12.5. The normalized spacial score (nSPS) is 22.6. The Hall–Kier alpha value is -0.430. The van der Waals surface area contributed by atoms with Gasteiger partial charge in [0.15, 0.2) is 0 Å². The molecule has 0 spiro atoms. The van der Waals surface area contributed by atoms with Crippen molar-refractivity contribution < 1.29 is 8.42 Å². The van der Waals surface area contributed by atoms with E-state index < -0.39 is 10.0 Å². The summed E-state index contributed by atoms with van der Waals surface area (Å²) in [5.41, 5.74) is 1.05. The SMILES string of the molecule is CNCc1ccc(S(=O)(=O)NCC2CCC(C)C2)c(Br)c1. The van der Waals surface area contributed by atoms with Crippen molar-refractivity contribution in [2.75, 3.05) is 13.6 Å². The lowest BCUT2D eigenvalue weighted by Crippen LogP contribution is -2.29. The molecule has 21 heavy (non-hydrogen) atoms. The first kappa shape index (κ1) is 16.9. The van der Waals surface area contributed by atoms with E-state index in [0.29, 0.717) is 34.3 Å². The Balaban J connectivity index is 2.05. The minimum atomic E-state index is -3.44. The second kappa shape index (κ2) is 7.22. The van der Waals surface area contributed by atoms with Crippen LogP contribution in [0.15, 0.2) is 27.6 Å². The van der Waals surface area contributed by atoms with E-state index in [-0.39, 0.29) is 0 Å². The van der Waals surface area contributed by atoms with E-state index in [1.807, 2.05) is 19.2 Å². The average molecular weight is 375 g/mol. The average Bonchev–Trinajstić information content (AvgIpc) is 2.83. The molecule has 2 N–H and O–H groups in total. The summed E-state index contributed by atoms with van der Waals surface area (Å²) >= 11 is 3.37. The molecule has 0 bridgehead atoms. The van der Waals surface area contributed by atoms with Crippen LogP contribution >= 0.6 is 15.9 Å². The van der Waals surface area contributed by atoms with E-state index in [0.717, 1.165) is 18.4 Å². The highest BCUT2D eigenvalue weighted by atomic mass is 79.9. The molecule has 2 atom stereocenters. The molecule has 2 unspecified atom stereocenters. The summed E-state index contributed by atoms with van der Waals surface area (Å²) in [5, 5.41) is 3.05. The van der Waals surface area contributed by atoms with Crippen molar-refractivity contribution in [3.8, 4) is 0 Å². The predicted molar refractivity (Wildman–Crippen MR) is 88.6 cm³/mol. The van der Waals surface area contributed by atoms with Crippen LogP contribution in [0.5, 0.6) is 0 Å². The van der Waals surface area contributed by atoms with Gasteiger partial charge in [0.05, 0.1) is 4.90 Å². The number of hydrogen-bond acceptors (Lipinski definition) is 3. The molecule has 1 aliphatic rings. The second-order valence-corrected chi connectivity index (χ2v) is 8.52. The lowest BCUT2D eigenvalue weighted by Gasteiger charge is -2.13. The first-order valence-corrected chi connectivity index (χ1v) is 9.62. The van der Waals surface area contributed by atoms with Crippen molar-refractivity contribution in [2.24, 2.45) is 11.8 Å². The van der Waals surface area contributed by atoms with Crippen LogP contribution in [-0.4, -0.2) is 22.0 Å². The number of nitrogens with one attached hydrogen (secondary N) is 2. The molecule has 0 aliphatic heterocycles. The van der Waals surface area contributed by atoms with Crippen LogP contribution in [0, 0.1) is 11.8 Å². The summed E-state index contributed by atoms with van der Waals surface area (Å²) in [7, 11) is -1.58. The molecule has 1 aliphatic carbocycles. The van der Waals surface area contributed by atoms with Gasteiger partial charge in [-0.25, -0.2) is 13.1 Å². The molecule has 0 radical (unpaired) electrons. The zero-order valence-corrected chi connectivity index (χ0v) is 14.9. The highest BCUT2D eigenvalue weighted by Crippen LogP contribution is 2.30. The monoisotopic (exact) mass is 374 g/mol. The maximum absolute atomic E-state index is 12.4. The maximum atomic E-state index is 12.4. The molecule has 6 heteroatoms. The summed E-state index contributed by atoms with van der Waals surface area (Å²) in [5.74, 6) is 1.18. The van der Waals surface area contributed by atoms with Gasteiger partial charge in [0.2, 0.25) is 10.0 Å². The van der Waals surface area contributed by atoms with Crippen molar-refractivity contribution in [1.82, 2.24) is 10.0 Å². The molecule has 0 heterocycles. The largest absolute Gasteiger partial charge is 0.316 e. The number of benzene rings is 1. The summed E-state index contributed by atoms with van der Waals surface area (Å²) in [6, 6.07) is 5.35. The number of halogens is 1. The molecule has 0 amide bonds. The quantitative estimate of drug-likeness (QED) is 0.804. The minimum Gasteiger partial charge on any atom is -0.316 e. The molecular weight excluding hydrogens is 352 g/mol. The van der Waals surface area contributed by atoms with Gasteiger partial charge in [-0.05, 0) is 65.4 Å². The van der Waals surface area contributed by atoms with Gasteiger partial charge < -0.3 is 5.32 Å². The van der Waals surface area contributed by atoms with E-state index in [9.17, 15) is 8.42 Å². The van der Waals surface area contributed by atoms with Gasteiger partial charge in [0.1, 0.15) is 0 Å². The molecule has 4 nitrogen and oxygen atoms in total. The first-order chi connectivity index (χ1) is 9.92. The van der Waals surface area contributed by atoms with Gasteiger partial charge >= 0.3 is 0 Å². The molecular formula is C15H23BrN2O2S. The van der Waals surface area contributed by atoms with Crippen LogP contribution in [-0.2, 0) is 16.6 Å². The van der Waals surface area contributed by atoms with Crippen LogP contribution in [0.3, 0.4) is 0 Å². The van der Waals surface area contributed by atoms with Gasteiger partial charge in [-0.3, -0.25) is 0 Å². The van der Waals surface area contributed by atoms with Gasteiger partial charge in [-0.2, -0.15) is 0 Å². The fourth-order valence-corrected chi connectivity index (χ4v) is 5.13. The molecule has 1 aromatic carbocycles. The highest BCUT2D eigenvalue weighted by molar-refractivity contribution is 9.10. The third-order valence-electron chi connectivity index (χ3n) is 4.03. The number of hydrogen-bond donors (Lipinski definition) is 2.